The molecule has 0 N–H and O–H groups in total. The van der Waals surface area contributed by atoms with Crippen molar-refractivity contribution in [2.75, 3.05) is 0 Å². The van der Waals surface area contributed by atoms with Gasteiger partial charge in [0.05, 0.1) is 0 Å². The first-order valence-electron chi connectivity index (χ1n) is 21.7. The van der Waals surface area contributed by atoms with E-state index in [9.17, 15) is 0 Å². The molecule has 0 nitrogen and oxygen atoms in total. The van der Waals surface area contributed by atoms with Crippen LogP contribution in [0.3, 0.4) is 0 Å². The molecule has 10 rings (SSSR count). The van der Waals surface area contributed by atoms with E-state index in [1.165, 1.54) is 112 Å². The summed E-state index contributed by atoms with van der Waals surface area (Å²) < 4.78 is 2.77. The molecule has 0 radical (unpaired) electrons. The quantitative estimate of drug-likeness (QED) is 0.168. The van der Waals surface area contributed by atoms with Crippen molar-refractivity contribution in [2.45, 2.75) is 128 Å². The lowest BCUT2D eigenvalue weighted by molar-refractivity contribution is 0.586. The lowest BCUT2D eigenvalue weighted by atomic mass is 9.71. The molecule has 0 amide bonds. The maximum atomic E-state index is 2.62. The maximum absolute atomic E-state index is 2.62. The molecule has 1 aromatic heterocycles. The molecule has 2 heteroatoms. The second-order valence-corrected chi connectivity index (χ2v) is 24.0. The molecule has 0 spiro atoms. The van der Waals surface area contributed by atoms with E-state index in [0.29, 0.717) is 11.8 Å². The van der Waals surface area contributed by atoms with Crippen LogP contribution < -0.4 is 5.22 Å². The van der Waals surface area contributed by atoms with Gasteiger partial charge in [-0.1, -0.05) is 169 Å². The van der Waals surface area contributed by atoms with Gasteiger partial charge in [-0.2, -0.15) is 0 Å². The Bertz CT molecular complexity index is 3090. The largest absolute Gasteiger partial charge is 0.135 e. The highest BCUT2D eigenvalue weighted by Gasteiger charge is 2.40. The van der Waals surface area contributed by atoms with Gasteiger partial charge in [0.2, 0.25) is 0 Å². The Hall–Kier alpha value is -4.37. The third kappa shape index (κ3) is 6.06. The molecule has 1 aliphatic carbocycles. The van der Waals surface area contributed by atoms with Gasteiger partial charge in [-0.05, 0) is 141 Å². The summed E-state index contributed by atoms with van der Waals surface area (Å²) in [6.07, 6.45) is 0. The zero-order valence-corrected chi connectivity index (χ0v) is 38.9. The van der Waals surface area contributed by atoms with Gasteiger partial charge in [-0.25, -0.2) is 0 Å². The molecule has 2 atom stereocenters. The van der Waals surface area contributed by atoms with Crippen LogP contribution in [0, 0.1) is 0 Å². The highest BCUT2D eigenvalue weighted by molar-refractivity contribution is 8.08. The fraction of sp³-hybridized carbons (Fsp3) is 0.333. The number of fused-ring (bicyclic) bond motifs is 7. The van der Waals surface area contributed by atoms with Crippen LogP contribution in [0.1, 0.15) is 135 Å². The summed E-state index contributed by atoms with van der Waals surface area (Å²) in [5, 5.41) is 9.84. The normalized spacial score (nSPS) is 17.1. The van der Waals surface area contributed by atoms with Crippen molar-refractivity contribution >= 4 is 69.7 Å². The van der Waals surface area contributed by atoms with E-state index < -0.39 is 0 Å². The van der Waals surface area contributed by atoms with Gasteiger partial charge in [0.25, 0.3) is 0 Å². The van der Waals surface area contributed by atoms with Gasteiger partial charge in [0, 0.05) is 41.3 Å². The van der Waals surface area contributed by atoms with Crippen LogP contribution in [0.2, 0.25) is 0 Å². The number of hydrogen-bond donors (Lipinski definition) is 0. The van der Waals surface area contributed by atoms with Crippen molar-refractivity contribution in [1.29, 1.82) is 0 Å². The van der Waals surface area contributed by atoms with Gasteiger partial charge >= 0.3 is 0 Å². The second-order valence-electron chi connectivity index (χ2n) is 21.9. The first-order chi connectivity index (χ1) is 27.7. The predicted molar refractivity (Wildman–Crippen MR) is 262 cm³/mol. The molecule has 2 unspecified atom stereocenters. The van der Waals surface area contributed by atoms with Crippen molar-refractivity contribution in [3.05, 3.63) is 142 Å². The fourth-order valence-corrected chi connectivity index (χ4v) is 12.7. The van der Waals surface area contributed by atoms with Crippen molar-refractivity contribution in [1.82, 2.24) is 0 Å². The summed E-state index contributed by atoms with van der Waals surface area (Å²) in [4.78, 5) is 2.94. The lowest BCUT2D eigenvalue weighted by Crippen LogP contribution is -2.23. The van der Waals surface area contributed by atoms with Crippen LogP contribution in [-0.4, -0.2) is 0 Å². The summed E-state index contributed by atoms with van der Waals surface area (Å²) in [5.74, 6) is 0.603. The first kappa shape index (κ1) is 38.8. The molecule has 2 aliphatic rings. The molecule has 59 heavy (non-hydrogen) atoms. The monoisotopic (exact) mass is 806 g/mol. The molecule has 7 aromatic carbocycles. The summed E-state index contributed by atoms with van der Waals surface area (Å²) >= 11 is 4.02. The Labute approximate surface area is 360 Å². The molecule has 1 aliphatic heterocycles. The first-order valence-corrected chi connectivity index (χ1v) is 23.3. The third-order valence-electron chi connectivity index (χ3n) is 13.7. The molecule has 8 aromatic rings. The van der Waals surface area contributed by atoms with Gasteiger partial charge in [-0.15, -0.1) is 11.3 Å². The topological polar surface area (TPSA) is 0 Å². The maximum Gasteiger partial charge on any atom is 0.0434 e. The number of benzene rings is 7. The minimum absolute atomic E-state index is 0.0663. The van der Waals surface area contributed by atoms with E-state index in [0.717, 1.165) is 0 Å². The average Bonchev–Trinajstić information content (AvgIpc) is 3.75. The Morgan fingerprint density at radius 2 is 1.00 bits per heavy atom. The molecule has 0 saturated carbocycles. The zero-order chi connectivity index (χ0) is 41.7. The Morgan fingerprint density at radius 1 is 0.458 bits per heavy atom. The van der Waals surface area contributed by atoms with Crippen LogP contribution in [0.5, 0.6) is 0 Å². The van der Waals surface area contributed by atoms with Gasteiger partial charge in [0.1, 0.15) is 0 Å². The number of rotatable bonds is 2. The Morgan fingerprint density at radius 3 is 1.59 bits per heavy atom. The SMILES string of the molecule is CC1c2c(-c3ccc(C(C)(C)C)cc3)cc3c4sc5ccc(C(C)(C)C)cc5c4cc4c(-c5ccc(C(C)(C)C)cc5)cc(c2c43)=C2Sc3ccc(C(C)(C)C)cc3C21. The fourth-order valence-electron chi connectivity index (χ4n) is 10.1. The van der Waals surface area contributed by atoms with Crippen molar-refractivity contribution < 1.29 is 0 Å². The Balaban J connectivity index is 1.39. The summed E-state index contributed by atoms with van der Waals surface area (Å²) in [7, 11) is 0. The van der Waals surface area contributed by atoms with E-state index in [1.807, 2.05) is 23.1 Å². The molecular formula is C57H58S2. The molecule has 298 valence electrons. The minimum Gasteiger partial charge on any atom is -0.135 e. The van der Waals surface area contributed by atoms with Crippen molar-refractivity contribution in [3.8, 4) is 22.3 Å². The highest BCUT2D eigenvalue weighted by Crippen LogP contribution is 2.60. The number of thioether (sulfide) groups is 1. The molecule has 2 heterocycles. The third-order valence-corrected chi connectivity index (χ3v) is 16.2. The second kappa shape index (κ2) is 12.8. The summed E-state index contributed by atoms with van der Waals surface area (Å²) in [6.45, 7) is 30.5. The van der Waals surface area contributed by atoms with Gasteiger partial charge in [0.15, 0.2) is 0 Å². The summed E-state index contributed by atoms with van der Waals surface area (Å²) in [6, 6.07) is 41.5. The van der Waals surface area contributed by atoms with Gasteiger partial charge < -0.3 is 0 Å². The van der Waals surface area contributed by atoms with Crippen molar-refractivity contribution in [3.63, 3.8) is 0 Å². The average molecular weight is 807 g/mol. The van der Waals surface area contributed by atoms with Crippen LogP contribution in [0.25, 0.3) is 68.9 Å². The zero-order valence-electron chi connectivity index (χ0n) is 37.3. The van der Waals surface area contributed by atoms with E-state index >= 15 is 0 Å². The minimum atomic E-state index is 0.0663. The van der Waals surface area contributed by atoms with Crippen LogP contribution in [0.4, 0.5) is 0 Å². The molecule has 0 fully saturated rings. The predicted octanol–water partition coefficient (Wildman–Crippen LogP) is 16.7. The van der Waals surface area contributed by atoms with Crippen LogP contribution >= 0.6 is 23.1 Å². The molecule has 0 bridgehead atoms. The van der Waals surface area contributed by atoms with E-state index in [-0.39, 0.29) is 21.7 Å². The summed E-state index contributed by atoms with van der Waals surface area (Å²) in [5.41, 5.74) is 14.2. The highest BCUT2D eigenvalue weighted by atomic mass is 32.2. The standard InChI is InChI=1S/C57H58S2/c1-31-48-39(33-16-20-35(21-17-33)55(5,6)7)29-44-50-41(30-42-40-26-36(56(8,9)10)22-24-46(40)58-52(42)44)38(32-14-18-34(19-15-32)54(2,3)4)28-45(51(48)50)53-49(31)43-27-37(57(11,12)13)23-25-47(43)59-53/h14-31,49H,1-13H3. The van der Waals surface area contributed by atoms with Crippen molar-refractivity contribution in [2.24, 2.45) is 0 Å². The van der Waals surface area contributed by atoms with E-state index in [1.54, 1.807) is 0 Å². The number of hydrogen-bond acceptors (Lipinski definition) is 2. The van der Waals surface area contributed by atoms with Crippen LogP contribution in [0.15, 0.2) is 108 Å². The number of thiophene rings is 1. The molecule has 0 saturated heterocycles. The van der Waals surface area contributed by atoms with Crippen LogP contribution in [-0.2, 0) is 21.7 Å². The Kier molecular flexibility index (Phi) is 8.43. The van der Waals surface area contributed by atoms with Gasteiger partial charge in [-0.3, -0.25) is 0 Å². The van der Waals surface area contributed by atoms with E-state index in [4.69, 9.17) is 0 Å². The van der Waals surface area contributed by atoms with E-state index in [2.05, 4.69) is 193 Å². The lowest BCUT2D eigenvalue weighted by Gasteiger charge is -2.32. The molecular weight excluding hydrogens is 749 g/mol. The smallest absolute Gasteiger partial charge is 0.0434 e.